The van der Waals surface area contributed by atoms with Crippen molar-refractivity contribution in [1.82, 2.24) is 0 Å². The summed E-state index contributed by atoms with van der Waals surface area (Å²) in [5.74, 6) is 0. The summed E-state index contributed by atoms with van der Waals surface area (Å²) in [6.45, 7) is 5.52. The lowest BCUT2D eigenvalue weighted by molar-refractivity contribution is -0.0392. The van der Waals surface area contributed by atoms with Gasteiger partial charge in [0, 0.05) is 6.42 Å². The van der Waals surface area contributed by atoms with E-state index in [-0.39, 0.29) is 24.9 Å². The smallest absolute Gasteiger partial charge is 0.435 e. The standard InChI is InChI=1S/C13H22O6/c1-4-16-12(14)18-10-6-5-7-11(8-10)19-13(15)17-9(2)3/h9-11H,4-8H2,1-3H3. The predicted molar refractivity (Wildman–Crippen MR) is 66.9 cm³/mol. The van der Waals surface area contributed by atoms with Crippen molar-refractivity contribution < 1.29 is 28.5 Å². The topological polar surface area (TPSA) is 71.1 Å². The molecule has 6 heteroatoms. The van der Waals surface area contributed by atoms with Crippen molar-refractivity contribution in [3.8, 4) is 0 Å². The Morgan fingerprint density at radius 3 is 2.21 bits per heavy atom. The Hall–Kier alpha value is -1.46. The molecule has 1 saturated carbocycles. The fourth-order valence-electron chi connectivity index (χ4n) is 1.96. The third-order valence-electron chi connectivity index (χ3n) is 2.70. The second-order valence-electron chi connectivity index (χ2n) is 4.75. The minimum atomic E-state index is -0.670. The van der Waals surface area contributed by atoms with Gasteiger partial charge in [0.25, 0.3) is 0 Å². The maximum atomic E-state index is 11.4. The zero-order chi connectivity index (χ0) is 14.3. The Bertz CT molecular complexity index is 302. The Labute approximate surface area is 113 Å². The highest BCUT2D eigenvalue weighted by molar-refractivity contribution is 5.60. The first kappa shape index (κ1) is 15.6. The van der Waals surface area contributed by atoms with E-state index in [2.05, 4.69) is 0 Å². The van der Waals surface area contributed by atoms with Crippen LogP contribution in [0.25, 0.3) is 0 Å². The summed E-state index contributed by atoms with van der Waals surface area (Å²) >= 11 is 0. The van der Waals surface area contributed by atoms with Crippen LogP contribution in [0.2, 0.25) is 0 Å². The van der Waals surface area contributed by atoms with Gasteiger partial charge in [0.15, 0.2) is 0 Å². The molecule has 2 atom stereocenters. The molecular weight excluding hydrogens is 252 g/mol. The number of ether oxygens (including phenoxy) is 4. The van der Waals surface area contributed by atoms with E-state index < -0.39 is 12.3 Å². The highest BCUT2D eigenvalue weighted by Crippen LogP contribution is 2.24. The Kier molecular flexibility index (Phi) is 6.45. The summed E-state index contributed by atoms with van der Waals surface area (Å²) in [7, 11) is 0. The molecule has 0 aliphatic heterocycles. The summed E-state index contributed by atoms with van der Waals surface area (Å²) in [6.07, 6.45) is 0.783. The summed E-state index contributed by atoms with van der Waals surface area (Å²) in [5.41, 5.74) is 0. The number of carbonyl (C=O) groups is 2. The van der Waals surface area contributed by atoms with Crippen LogP contribution in [-0.4, -0.2) is 37.2 Å². The minimum absolute atomic E-state index is 0.206. The first-order chi connectivity index (χ1) is 9.01. The van der Waals surface area contributed by atoms with Crippen molar-refractivity contribution in [3.05, 3.63) is 0 Å². The lowest BCUT2D eigenvalue weighted by atomic mass is 9.95. The fraction of sp³-hybridized carbons (Fsp3) is 0.846. The molecule has 0 radical (unpaired) electrons. The molecule has 0 aromatic rings. The number of hydrogen-bond donors (Lipinski definition) is 0. The number of hydrogen-bond acceptors (Lipinski definition) is 6. The lowest BCUT2D eigenvalue weighted by Gasteiger charge is -2.28. The molecule has 1 aliphatic carbocycles. The van der Waals surface area contributed by atoms with E-state index in [0.29, 0.717) is 6.42 Å². The van der Waals surface area contributed by atoms with Gasteiger partial charge in [0.2, 0.25) is 0 Å². The van der Waals surface area contributed by atoms with Crippen molar-refractivity contribution in [1.29, 1.82) is 0 Å². The summed E-state index contributed by atoms with van der Waals surface area (Å²) in [4.78, 5) is 22.6. The molecule has 1 rings (SSSR count). The fourth-order valence-corrected chi connectivity index (χ4v) is 1.96. The van der Waals surface area contributed by atoms with Crippen molar-refractivity contribution in [3.63, 3.8) is 0 Å². The van der Waals surface area contributed by atoms with Crippen LogP contribution in [0.15, 0.2) is 0 Å². The maximum absolute atomic E-state index is 11.4. The van der Waals surface area contributed by atoms with E-state index >= 15 is 0 Å². The lowest BCUT2D eigenvalue weighted by Crippen LogP contribution is -2.32. The highest BCUT2D eigenvalue weighted by Gasteiger charge is 2.28. The molecule has 0 saturated heterocycles. The first-order valence-corrected chi connectivity index (χ1v) is 6.72. The molecule has 1 fully saturated rings. The number of rotatable bonds is 4. The molecule has 0 spiro atoms. The average molecular weight is 274 g/mol. The van der Waals surface area contributed by atoms with Gasteiger partial charge in [0.05, 0.1) is 12.7 Å². The van der Waals surface area contributed by atoms with E-state index in [1.807, 2.05) is 0 Å². The molecule has 0 aromatic heterocycles. The molecular formula is C13H22O6. The molecule has 19 heavy (non-hydrogen) atoms. The third kappa shape index (κ3) is 6.31. The maximum Gasteiger partial charge on any atom is 0.508 e. The van der Waals surface area contributed by atoms with Crippen LogP contribution in [0.5, 0.6) is 0 Å². The number of carbonyl (C=O) groups excluding carboxylic acids is 2. The Morgan fingerprint density at radius 2 is 1.68 bits per heavy atom. The molecule has 0 heterocycles. The average Bonchev–Trinajstić information content (AvgIpc) is 2.28. The van der Waals surface area contributed by atoms with Crippen LogP contribution >= 0.6 is 0 Å². The molecule has 0 bridgehead atoms. The predicted octanol–water partition coefficient (Wildman–Crippen LogP) is 3.03. The summed E-state index contributed by atoms with van der Waals surface area (Å²) < 4.78 is 19.9. The minimum Gasteiger partial charge on any atom is -0.435 e. The van der Waals surface area contributed by atoms with Crippen LogP contribution < -0.4 is 0 Å². The first-order valence-electron chi connectivity index (χ1n) is 6.72. The van der Waals surface area contributed by atoms with Gasteiger partial charge < -0.3 is 18.9 Å². The van der Waals surface area contributed by atoms with Crippen molar-refractivity contribution in [2.45, 2.75) is 64.8 Å². The van der Waals surface area contributed by atoms with Gasteiger partial charge in [0.1, 0.15) is 12.2 Å². The molecule has 0 N–H and O–H groups in total. The summed E-state index contributed by atoms with van der Waals surface area (Å²) in [6, 6.07) is 0. The molecule has 2 unspecified atom stereocenters. The molecule has 6 nitrogen and oxygen atoms in total. The van der Waals surface area contributed by atoms with Crippen LogP contribution in [0.1, 0.15) is 46.5 Å². The van der Waals surface area contributed by atoms with Gasteiger partial charge in [-0.15, -0.1) is 0 Å². The van der Waals surface area contributed by atoms with Crippen molar-refractivity contribution in [2.75, 3.05) is 6.61 Å². The van der Waals surface area contributed by atoms with E-state index in [4.69, 9.17) is 18.9 Å². The molecule has 0 amide bonds. The molecule has 1 aliphatic rings. The van der Waals surface area contributed by atoms with Gasteiger partial charge in [-0.3, -0.25) is 0 Å². The van der Waals surface area contributed by atoms with E-state index in [1.54, 1.807) is 20.8 Å². The van der Waals surface area contributed by atoms with E-state index in [0.717, 1.165) is 19.3 Å². The molecule has 110 valence electrons. The SMILES string of the molecule is CCOC(=O)OC1CCCC(OC(=O)OC(C)C)C1. The van der Waals surface area contributed by atoms with Crippen LogP contribution in [0, 0.1) is 0 Å². The van der Waals surface area contributed by atoms with Gasteiger partial charge in [-0.25, -0.2) is 9.59 Å². The largest absolute Gasteiger partial charge is 0.508 e. The monoisotopic (exact) mass is 274 g/mol. The van der Waals surface area contributed by atoms with E-state index in [9.17, 15) is 9.59 Å². The van der Waals surface area contributed by atoms with Gasteiger partial charge >= 0.3 is 12.3 Å². The van der Waals surface area contributed by atoms with Gasteiger partial charge in [-0.05, 0) is 40.0 Å². The second kappa shape index (κ2) is 7.86. The third-order valence-corrected chi connectivity index (χ3v) is 2.70. The van der Waals surface area contributed by atoms with Crippen molar-refractivity contribution >= 4 is 12.3 Å². The van der Waals surface area contributed by atoms with Crippen molar-refractivity contribution in [2.24, 2.45) is 0 Å². The quantitative estimate of drug-likeness (QED) is 0.734. The second-order valence-corrected chi connectivity index (χ2v) is 4.75. The Morgan fingerprint density at radius 1 is 1.11 bits per heavy atom. The van der Waals surface area contributed by atoms with E-state index in [1.165, 1.54) is 0 Å². The molecule has 0 aromatic carbocycles. The Balaban J connectivity index is 2.33. The highest BCUT2D eigenvalue weighted by atomic mass is 16.7. The zero-order valence-electron chi connectivity index (χ0n) is 11.7. The van der Waals surface area contributed by atoms with Gasteiger partial charge in [-0.2, -0.15) is 0 Å². The summed E-state index contributed by atoms with van der Waals surface area (Å²) in [5, 5.41) is 0. The van der Waals surface area contributed by atoms with Crippen LogP contribution in [0.3, 0.4) is 0 Å². The normalized spacial score (nSPS) is 22.7. The zero-order valence-corrected chi connectivity index (χ0v) is 11.7. The van der Waals surface area contributed by atoms with Gasteiger partial charge in [-0.1, -0.05) is 0 Å². The van der Waals surface area contributed by atoms with Crippen LogP contribution in [-0.2, 0) is 18.9 Å². The van der Waals surface area contributed by atoms with Crippen LogP contribution in [0.4, 0.5) is 9.59 Å².